The normalized spacial score (nSPS) is 18.1. The predicted molar refractivity (Wildman–Crippen MR) is 77.6 cm³/mol. The van der Waals surface area contributed by atoms with Gasteiger partial charge in [0, 0.05) is 17.9 Å². The minimum atomic E-state index is -3.15. The van der Waals surface area contributed by atoms with Crippen LogP contribution in [0, 0.1) is 0 Å². The summed E-state index contributed by atoms with van der Waals surface area (Å²) in [5.41, 5.74) is 0. The lowest BCUT2D eigenvalue weighted by molar-refractivity contribution is 0.131. The second-order valence-corrected chi connectivity index (χ2v) is 7.92. The average Bonchev–Trinajstić information content (AvgIpc) is 2.82. The van der Waals surface area contributed by atoms with Crippen molar-refractivity contribution in [3.05, 3.63) is 0 Å². The second kappa shape index (κ2) is 7.82. The zero-order valence-electron chi connectivity index (χ0n) is 11.3. The van der Waals surface area contributed by atoms with Gasteiger partial charge in [0.05, 0.1) is 18.5 Å². The van der Waals surface area contributed by atoms with Gasteiger partial charge >= 0.3 is 0 Å². The molecule has 0 aliphatic heterocycles. The number of alkyl halides is 1. The summed E-state index contributed by atoms with van der Waals surface area (Å²) in [7, 11) is -3.15. The Morgan fingerprint density at radius 3 is 2.39 bits per heavy atom. The van der Waals surface area contributed by atoms with Gasteiger partial charge < -0.3 is 4.74 Å². The molecule has 1 saturated carbocycles. The van der Waals surface area contributed by atoms with Crippen LogP contribution in [0.4, 0.5) is 0 Å². The first-order valence-corrected chi connectivity index (χ1v) is 9.27. The minimum Gasteiger partial charge on any atom is -0.379 e. The maximum Gasteiger partial charge on any atom is 0.217 e. The lowest BCUT2D eigenvalue weighted by Gasteiger charge is -2.28. The van der Waals surface area contributed by atoms with E-state index < -0.39 is 10.0 Å². The number of rotatable bonds is 8. The molecule has 0 aromatic carbocycles. The van der Waals surface area contributed by atoms with Gasteiger partial charge in [0.1, 0.15) is 0 Å². The summed E-state index contributed by atoms with van der Waals surface area (Å²) < 4.78 is 32.0. The van der Waals surface area contributed by atoms with Gasteiger partial charge in [0.15, 0.2) is 0 Å². The summed E-state index contributed by atoms with van der Waals surface area (Å²) in [6.45, 7) is 5.41. The van der Waals surface area contributed by atoms with Crippen LogP contribution in [0.2, 0.25) is 0 Å². The van der Waals surface area contributed by atoms with Crippen molar-refractivity contribution < 1.29 is 13.2 Å². The van der Waals surface area contributed by atoms with E-state index >= 15 is 0 Å². The molecule has 0 aromatic heterocycles. The molecule has 0 saturated heterocycles. The van der Waals surface area contributed by atoms with E-state index in [0.29, 0.717) is 19.8 Å². The smallest absolute Gasteiger partial charge is 0.217 e. The predicted octanol–water partition coefficient (Wildman–Crippen LogP) is 2.38. The van der Waals surface area contributed by atoms with Gasteiger partial charge in [-0.3, -0.25) is 0 Å². The fourth-order valence-electron chi connectivity index (χ4n) is 2.37. The summed E-state index contributed by atoms with van der Waals surface area (Å²) in [4.78, 5) is 0. The highest BCUT2D eigenvalue weighted by molar-refractivity contribution is 9.09. The summed E-state index contributed by atoms with van der Waals surface area (Å²) in [6.07, 6.45) is 3.70. The number of ether oxygens (including phenoxy) is 1. The van der Waals surface area contributed by atoms with Crippen LogP contribution in [0.15, 0.2) is 0 Å². The van der Waals surface area contributed by atoms with Crippen molar-refractivity contribution >= 4 is 26.0 Å². The number of sulfonamides is 1. The summed E-state index contributed by atoms with van der Waals surface area (Å²) in [5.74, 6) is 0. The lowest BCUT2D eigenvalue weighted by atomic mass is 10.4. The highest BCUT2D eigenvalue weighted by Gasteiger charge is 2.35. The van der Waals surface area contributed by atoms with Gasteiger partial charge in [-0.05, 0) is 26.7 Å². The quantitative estimate of drug-likeness (QED) is 0.503. The molecule has 0 N–H and O–H groups in total. The molecule has 1 fully saturated rings. The Labute approximate surface area is 119 Å². The summed E-state index contributed by atoms with van der Waals surface area (Å²) in [5, 5.41) is 0.611. The molecular weight excluding hydrogens is 318 g/mol. The number of hydrogen-bond acceptors (Lipinski definition) is 3. The van der Waals surface area contributed by atoms with E-state index in [1.807, 2.05) is 13.8 Å². The molecule has 18 heavy (non-hydrogen) atoms. The average molecular weight is 342 g/mol. The van der Waals surface area contributed by atoms with Gasteiger partial charge in [-0.1, -0.05) is 28.8 Å². The van der Waals surface area contributed by atoms with E-state index in [1.54, 1.807) is 4.31 Å². The molecule has 0 atom stereocenters. The first-order valence-electron chi connectivity index (χ1n) is 6.64. The van der Waals surface area contributed by atoms with Gasteiger partial charge in [0.2, 0.25) is 10.0 Å². The van der Waals surface area contributed by atoms with Crippen molar-refractivity contribution in [2.45, 2.75) is 50.8 Å². The van der Waals surface area contributed by atoms with Gasteiger partial charge in [-0.2, -0.15) is 4.31 Å². The number of nitrogens with zero attached hydrogens (tertiary/aromatic N) is 1. The third-order valence-corrected chi connectivity index (χ3v) is 6.20. The molecule has 0 heterocycles. The van der Waals surface area contributed by atoms with Crippen LogP contribution in [0.5, 0.6) is 0 Å². The Hall–Kier alpha value is 0.350. The van der Waals surface area contributed by atoms with Crippen molar-refractivity contribution in [3.63, 3.8) is 0 Å². The Morgan fingerprint density at radius 2 is 1.89 bits per heavy atom. The molecule has 6 heteroatoms. The van der Waals surface area contributed by atoms with Crippen LogP contribution in [0.25, 0.3) is 0 Å². The molecule has 0 radical (unpaired) electrons. The molecule has 0 amide bonds. The van der Waals surface area contributed by atoms with E-state index in [-0.39, 0.29) is 11.3 Å². The third-order valence-electron chi connectivity index (χ3n) is 3.30. The monoisotopic (exact) mass is 341 g/mol. The van der Waals surface area contributed by atoms with Crippen molar-refractivity contribution in [1.29, 1.82) is 0 Å². The van der Waals surface area contributed by atoms with Crippen LogP contribution < -0.4 is 0 Å². The molecule has 1 aliphatic rings. The van der Waals surface area contributed by atoms with E-state index in [2.05, 4.69) is 15.9 Å². The summed E-state index contributed by atoms with van der Waals surface area (Å²) in [6, 6.07) is 0.00294. The molecular formula is C12H24BrNO3S. The van der Waals surface area contributed by atoms with E-state index in [4.69, 9.17) is 4.74 Å². The molecule has 108 valence electrons. The van der Waals surface area contributed by atoms with Crippen LogP contribution in [-0.2, 0) is 14.8 Å². The maximum absolute atomic E-state index is 12.5. The van der Waals surface area contributed by atoms with Crippen molar-refractivity contribution in [2.24, 2.45) is 0 Å². The zero-order valence-corrected chi connectivity index (χ0v) is 13.7. The second-order valence-electron chi connectivity index (χ2n) is 4.96. The summed E-state index contributed by atoms with van der Waals surface area (Å²) >= 11 is 3.28. The Kier molecular flexibility index (Phi) is 7.13. The third kappa shape index (κ3) is 4.47. The molecule has 0 bridgehead atoms. The van der Waals surface area contributed by atoms with Gasteiger partial charge in [0.25, 0.3) is 0 Å². The van der Waals surface area contributed by atoms with E-state index in [9.17, 15) is 8.42 Å². The van der Waals surface area contributed by atoms with Crippen molar-refractivity contribution in [1.82, 2.24) is 4.31 Å². The highest BCUT2D eigenvalue weighted by atomic mass is 79.9. The lowest BCUT2D eigenvalue weighted by Crippen LogP contribution is -2.43. The van der Waals surface area contributed by atoms with Crippen LogP contribution in [0.1, 0.15) is 39.5 Å². The van der Waals surface area contributed by atoms with Crippen molar-refractivity contribution in [2.75, 3.05) is 25.1 Å². The molecule has 0 unspecified atom stereocenters. The van der Waals surface area contributed by atoms with Crippen molar-refractivity contribution in [3.8, 4) is 0 Å². The first kappa shape index (κ1) is 16.4. The zero-order chi connectivity index (χ0) is 13.6. The molecule has 1 aliphatic carbocycles. The number of hydrogen-bond donors (Lipinski definition) is 0. The highest BCUT2D eigenvalue weighted by Crippen LogP contribution is 2.27. The van der Waals surface area contributed by atoms with Crippen LogP contribution in [0.3, 0.4) is 0 Å². The fourth-order valence-corrected chi connectivity index (χ4v) is 4.83. The Balaban J connectivity index is 2.59. The maximum atomic E-state index is 12.5. The SMILES string of the molecule is CC(C)N(CCOCCBr)S(=O)(=O)C1CCCC1. The van der Waals surface area contributed by atoms with Crippen LogP contribution >= 0.6 is 15.9 Å². The molecule has 4 nitrogen and oxygen atoms in total. The molecule has 0 spiro atoms. The molecule has 1 rings (SSSR count). The first-order chi connectivity index (χ1) is 8.50. The minimum absolute atomic E-state index is 0.00294. The largest absolute Gasteiger partial charge is 0.379 e. The van der Waals surface area contributed by atoms with Crippen LogP contribution in [-0.4, -0.2) is 49.1 Å². The van der Waals surface area contributed by atoms with E-state index in [0.717, 1.165) is 31.0 Å². The number of halogens is 1. The van der Waals surface area contributed by atoms with Gasteiger partial charge in [-0.25, -0.2) is 8.42 Å². The van der Waals surface area contributed by atoms with E-state index in [1.165, 1.54) is 0 Å². The Bertz CT molecular complexity index is 326. The molecule has 0 aromatic rings. The van der Waals surface area contributed by atoms with Gasteiger partial charge in [-0.15, -0.1) is 0 Å². The Morgan fingerprint density at radius 1 is 1.28 bits per heavy atom. The standard InChI is InChI=1S/C12H24BrNO3S/c1-11(2)14(8-10-17-9-7-13)18(15,16)12-5-3-4-6-12/h11-12H,3-10H2,1-2H3. The fraction of sp³-hybridized carbons (Fsp3) is 1.00. The topological polar surface area (TPSA) is 46.6 Å².